The molecule has 0 saturated carbocycles. The molecule has 1 aliphatic heterocycles. The fraction of sp³-hybridized carbons (Fsp3) is 0.160. The van der Waals surface area contributed by atoms with Gasteiger partial charge in [-0.25, -0.2) is 23.2 Å². The van der Waals surface area contributed by atoms with Crippen molar-refractivity contribution in [3.63, 3.8) is 0 Å². The van der Waals surface area contributed by atoms with Gasteiger partial charge in [-0.2, -0.15) is 0 Å². The van der Waals surface area contributed by atoms with Gasteiger partial charge in [0, 0.05) is 43.4 Å². The van der Waals surface area contributed by atoms with Crippen LogP contribution in [0.4, 0.5) is 17.3 Å². The van der Waals surface area contributed by atoms with Crippen molar-refractivity contribution >= 4 is 93.0 Å². The molecule has 3 heterocycles. The van der Waals surface area contributed by atoms with Gasteiger partial charge in [-0.05, 0) is 48.5 Å². The average Bonchev–Trinajstić information content (AvgIpc) is 2.88. The fourth-order valence-electron chi connectivity index (χ4n) is 4.19. The lowest BCUT2D eigenvalue weighted by Crippen LogP contribution is -2.47. The number of sulfonamides is 1. The molecule has 2 aromatic carbocycles. The van der Waals surface area contributed by atoms with Crippen molar-refractivity contribution in [1.29, 1.82) is 0 Å². The van der Waals surface area contributed by atoms with E-state index in [2.05, 4.69) is 19.6 Å². The second-order valence-electron chi connectivity index (χ2n) is 8.26. The Morgan fingerprint density at radius 1 is 0.872 bits per heavy atom. The molecule has 2 N–H and O–H groups in total. The first-order chi connectivity index (χ1) is 17.3. The zero-order valence-electron chi connectivity index (χ0n) is 20.2. The summed E-state index contributed by atoms with van der Waals surface area (Å²) in [6.07, 6.45) is 1.76. The smallest absolute Gasteiger partial charge is 0.336 e. The van der Waals surface area contributed by atoms with Crippen LogP contribution in [0.15, 0.2) is 77.8 Å². The molecule has 0 aliphatic carbocycles. The molecule has 5 rings (SSSR count). The molecule has 0 amide bonds. The Bertz CT molecular complexity index is 1550. The first-order valence-corrected chi connectivity index (χ1v) is 13.0. The topological polar surface area (TPSA) is 116 Å². The largest absolute Gasteiger partial charge is 0.478 e. The van der Waals surface area contributed by atoms with Gasteiger partial charge in [0.25, 0.3) is 10.0 Å². The number of hydrogen-bond acceptors (Lipinski definition) is 7. The highest BCUT2D eigenvalue weighted by molar-refractivity contribution is 7.92. The van der Waals surface area contributed by atoms with Gasteiger partial charge in [0.15, 0.2) is 0 Å². The molecule has 0 atom stereocenters. The third kappa shape index (κ3) is 6.95. The van der Waals surface area contributed by atoms with E-state index in [0.717, 1.165) is 18.9 Å². The lowest BCUT2D eigenvalue weighted by molar-refractivity contribution is 0.0699. The molecule has 2 aromatic heterocycles. The van der Waals surface area contributed by atoms with Crippen LogP contribution in [0.3, 0.4) is 0 Å². The van der Waals surface area contributed by atoms with Gasteiger partial charge in [0.2, 0.25) is 0 Å². The minimum atomic E-state index is -3.97. The Labute approximate surface area is 249 Å². The molecule has 9 nitrogen and oxygen atoms in total. The maximum atomic E-state index is 12.8. The Kier molecular flexibility index (Phi) is 11.0. The highest BCUT2D eigenvalue weighted by Gasteiger charge is 2.23. The zero-order chi connectivity index (χ0) is 25.3. The van der Waals surface area contributed by atoms with Gasteiger partial charge < -0.3 is 14.9 Å². The van der Waals surface area contributed by atoms with Crippen LogP contribution >= 0.6 is 48.8 Å². The van der Waals surface area contributed by atoms with Crippen LogP contribution in [-0.4, -0.2) is 55.6 Å². The first kappa shape index (κ1) is 32.2. The van der Waals surface area contributed by atoms with Crippen molar-refractivity contribution < 1.29 is 18.3 Å². The van der Waals surface area contributed by atoms with E-state index in [-0.39, 0.29) is 58.4 Å². The van der Waals surface area contributed by atoms with Crippen LogP contribution < -0.4 is 14.5 Å². The van der Waals surface area contributed by atoms with Gasteiger partial charge >= 0.3 is 5.97 Å². The Morgan fingerprint density at radius 2 is 1.51 bits per heavy atom. The minimum Gasteiger partial charge on any atom is -0.478 e. The molecule has 1 saturated heterocycles. The molecule has 4 aromatic rings. The molecule has 39 heavy (non-hydrogen) atoms. The van der Waals surface area contributed by atoms with E-state index in [1.54, 1.807) is 30.5 Å². The number of carboxylic acids is 1. The Morgan fingerprint density at radius 3 is 2.13 bits per heavy atom. The number of aromatic carboxylic acids is 1. The van der Waals surface area contributed by atoms with Crippen molar-refractivity contribution in [3.8, 4) is 0 Å². The quantitative estimate of drug-likeness (QED) is 0.291. The summed E-state index contributed by atoms with van der Waals surface area (Å²) in [4.78, 5) is 25.4. The van der Waals surface area contributed by atoms with Crippen molar-refractivity contribution in [1.82, 2.24) is 9.97 Å². The van der Waals surface area contributed by atoms with Gasteiger partial charge in [-0.1, -0.05) is 29.8 Å². The monoisotopic (exact) mass is 631 g/mol. The summed E-state index contributed by atoms with van der Waals surface area (Å²) in [6, 6.07) is 18.1. The highest BCUT2D eigenvalue weighted by atomic mass is 35.5. The number of pyridine rings is 2. The summed E-state index contributed by atoms with van der Waals surface area (Å²) in [5.74, 6) is 0.341. The number of hydrogen-bond donors (Lipinski definition) is 2. The molecule has 0 radical (unpaired) electrons. The second-order valence-corrected chi connectivity index (χ2v) is 10.3. The molecular formula is C25H25Cl4N5O4S. The number of halogens is 4. The number of piperazine rings is 1. The van der Waals surface area contributed by atoms with Crippen molar-refractivity contribution in [2.24, 2.45) is 0 Å². The summed E-state index contributed by atoms with van der Waals surface area (Å²) >= 11 is 6.05. The Hall–Kier alpha value is -3.02. The number of nitrogens with one attached hydrogen (secondary N) is 1. The molecule has 1 aliphatic rings. The molecular weight excluding hydrogens is 608 g/mol. The van der Waals surface area contributed by atoms with Gasteiger partial charge in [-0.15, -0.1) is 37.2 Å². The number of aromatic nitrogens is 2. The first-order valence-electron chi connectivity index (χ1n) is 11.2. The van der Waals surface area contributed by atoms with E-state index in [1.807, 2.05) is 23.1 Å². The summed E-state index contributed by atoms with van der Waals surface area (Å²) in [5.41, 5.74) is 0.710. The number of fused-ring (bicyclic) bond motifs is 1. The standard InChI is InChI=1S/C25H22ClN5O4S.3ClH/c26-20-5-1-2-6-22(20)36(34,35)29-17-8-9-21-18(15-17)19(25(32)33)16-24(28-21)31-13-11-30(12-14-31)23-7-3-4-10-27-23;;;/h1-10,15-16,29H,11-14H2,(H,32,33);3*1H. The van der Waals surface area contributed by atoms with Crippen LogP contribution in [0.25, 0.3) is 10.9 Å². The normalized spacial score (nSPS) is 13.1. The number of anilines is 3. The molecule has 0 spiro atoms. The van der Waals surface area contributed by atoms with Crippen LogP contribution in [0.1, 0.15) is 10.4 Å². The van der Waals surface area contributed by atoms with Gasteiger partial charge in [-0.3, -0.25) is 4.72 Å². The molecule has 0 unspecified atom stereocenters. The number of benzene rings is 2. The van der Waals surface area contributed by atoms with E-state index >= 15 is 0 Å². The van der Waals surface area contributed by atoms with Crippen molar-refractivity contribution in [3.05, 3.63) is 83.5 Å². The third-order valence-corrected chi connectivity index (χ3v) is 7.86. The maximum Gasteiger partial charge on any atom is 0.336 e. The summed E-state index contributed by atoms with van der Waals surface area (Å²) in [5, 5.41) is 10.3. The number of nitrogens with zero attached hydrogens (tertiary/aromatic N) is 4. The van der Waals surface area contributed by atoms with Crippen LogP contribution in [0, 0.1) is 0 Å². The number of rotatable bonds is 6. The second kappa shape index (κ2) is 13.4. The minimum absolute atomic E-state index is 0. The zero-order valence-corrected chi connectivity index (χ0v) is 24.3. The van der Waals surface area contributed by atoms with E-state index in [1.165, 1.54) is 24.3 Å². The molecule has 0 bridgehead atoms. The van der Waals surface area contributed by atoms with Gasteiger partial charge in [0.1, 0.15) is 16.5 Å². The van der Waals surface area contributed by atoms with Crippen molar-refractivity contribution in [2.75, 3.05) is 40.7 Å². The predicted octanol–water partition coefficient (Wildman–Crippen LogP) is 5.37. The summed E-state index contributed by atoms with van der Waals surface area (Å²) < 4.78 is 28.1. The summed E-state index contributed by atoms with van der Waals surface area (Å²) in [6.45, 7) is 2.76. The number of carbonyl (C=O) groups is 1. The number of carboxylic acid groups (broad SMARTS) is 1. The van der Waals surface area contributed by atoms with Crippen molar-refractivity contribution in [2.45, 2.75) is 4.90 Å². The predicted molar refractivity (Wildman–Crippen MR) is 161 cm³/mol. The van der Waals surface area contributed by atoms with E-state index < -0.39 is 16.0 Å². The molecule has 14 heteroatoms. The van der Waals surface area contributed by atoms with Crippen LogP contribution in [-0.2, 0) is 10.0 Å². The molecule has 208 valence electrons. The molecule has 1 fully saturated rings. The Balaban J connectivity index is 0.00000178. The average molecular weight is 633 g/mol. The van der Waals surface area contributed by atoms with E-state index in [4.69, 9.17) is 11.6 Å². The van der Waals surface area contributed by atoms with Gasteiger partial charge in [0.05, 0.1) is 16.1 Å². The lowest BCUT2D eigenvalue weighted by Gasteiger charge is -2.36. The summed E-state index contributed by atoms with van der Waals surface area (Å²) in [7, 11) is -3.97. The van der Waals surface area contributed by atoms with Crippen LogP contribution in [0.5, 0.6) is 0 Å². The SMILES string of the molecule is Cl.Cl.Cl.O=C(O)c1cc(N2CCN(c3ccccn3)CC2)nc2ccc(NS(=O)(=O)c3ccccc3Cl)cc12. The highest BCUT2D eigenvalue weighted by Crippen LogP contribution is 2.29. The lowest BCUT2D eigenvalue weighted by atomic mass is 10.1. The maximum absolute atomic E-state index is 12.8. The fourth-order valence-corrected chi connectivity index (χ4v) is 5.76. The van der Waals surface area contributed by atoms with E-state index in [9.17, 15) is 18.3 Å². The third-order valence-electron chi connectivity index (χ3n) is 5.98. The van der Waals surface area contributed by atoms with E-state index in [0.29, 0.717) is 29.8 Å². The van der Waals surface area contributed by atoms with Crippen LogP contribution in [0.2, 0.25) is 5.02 Å².